The van der Waals surface area contributed by atoms with E-state index in [1.807, 2.05) is 0 Å². The van der Waals surface area contributed by atoms with Crippen molar-refractivity contribution in [3.8, 4) is 0 Å². The highest BCUT2D eigenvalue weighted by Gasteiger charge is 2.23. The van der Waals surface area contributed by atoms with Crippen LogP contribution in [-0.4, -0.2) is 12.6 Å². The summed E-state index contributed by atoms with van der Waals surface area (Å²) in [4.78, 5) is 0. The molecule has 3 atom stereocenters. The third kappa shape index (κ3) is 6.22. The van der Waals surface area contributed by atoms with Crippen LogP contribution in [-0.2, 0) is 0 Å². The van der Waals surface area contributed by atoms with Gasteiger partial charge < -0.3 is 5.32 Å². The Kier molecular flexibility index (Phi) is 9.41. The summed E-state index contributed by atoms with van der Waals surface area (Å²) in [5.41, 5.74) is 1.50. The molecule has 1 rings (SSSR count). The van der Waals surface area contributed by atoms with Crippen molar-refractivity contribution in [3.63, 3.8) is 0 Å². The minimum atomic E-state index is 0.615. The van der Waals surface area contributed by atoms with Crippen LogP contribution in [0.5, 0.6) is 0 Å². The third-order valence-corrected chi connectivity index (χ3v) is 4.75. The third-order valence-electron chi connectivity index (χ3n) is 4.75. The maximum Gasteiger partial charge on any atom is 0.0138 e. The van der Waals surface area contributed by atoms with Gasteiger partial charge in [-0.05, 0) is 36.8 Å². The summed E-state index contributed by atoms with van der Waals surface area (Å²) in [6.45, 7) is 10.3. The standard InChI is InChI=1S/C20H35N/c1-5-9-13-17(6-2)16-20(21-8-4)19(7-3)18-14-11-10-12-15-18/h10-12,14-15,17,19-21H,5-9,13,16H2,1-4H3. The van der Waals surface area contributed by atoms with Gasteiger partial charge in [0.15, 0.2) is 0 Å². The topological polar surface area (TPSA) is 12.0 Å². The lowest BCUT2D eigenvalue weighted by Crippen LogP contribution is -2.36. The fraction of sp³-hybridized carbons (Fsp3) is 0.700. The largest absolute Gasteiger partial charge is 0.314 e. The Morgan fingerprint density at radius 3 is 2.19 bits per heavy atom. The van der Waals surface area contributed by atoms with E-state index >= 15 is 0 Å². The van der Waals surface area contributed by atoms with E-state index in [1.165, 1.54) is 44.1 Å². The number of likely N-dealkylation sites (N-methyl/N-ethyl adjacent to an activating group) is 1. The second-order valence-electron chi connectivity index (χ2n) is 6.24. The number of benzene rings is 1. The van der Waals surface area contributed by atoms with Gasteiger partial charge in [0.1, 0.15) is 0 Å². The van der Waals surface area contributed by atoms with Gasteiger partial charge in [0.05, 0.1) is 0 Å². The first-order chi connectivity index (χ1) is 10.3. The van der Waals surface area contributed by atoms with Gasteiger partial charge in [0.25, 0.3) is 0 Å². The van der Waals surface area contributed by atoms with Crippen molar-refractivity contribution in [2.75, 3.05) is 6.54 Å². The summed E-state index contributed by atoms with van der Waals surface area (Å²) in [6.07, 6.45) is 7.93. The Balaban J connectivity index is 2.77. The van der Waals surface area contributed by atoms with Crippen LogP contribution in [0.3, 0.4) is 0 Å². The summed E-state index contributed by atoms with van der Waals surface area (Å²) in [6, 6.07) is 11.7. The number of nitrogens with one attached hydrogen (secondary N) is 1. The maximum absolute atomic E-state index is 3.77. The fourth-order valence-electron chi connectivity index (χ4n) is 3.45. The van der Waals surface area contributed by atoms with Gasteiger partial charge in [-0.2, -0.15) is 0 Å². The zero-order valence-corrected chi connectivity index (χ0v) is 14.6. The fourth-order valence-corrected chi connectivity index (χ4v) is 3.45. The molecule has 0 aromatic heterocycles. The predicted molar refractivity (Wildman–Crippen MR) is 94.9 cm³/mol. The van der Waals surface area contributed by atoms with Gasteiger partial charge in [0, 0.05) is 6.04 Å². The van der Waals surface area contributed by atoms with Gasteiger partial charge in [-0.1, -0.05) is 83.7 Å². The molecule has 0 aliphatic heterocycles. The van der Waals surface area contributed by atoms with E-state index < -0.39 is 0 Å². The molecule has 0 bridgehead atoms. The van der Waals surface area contributed by atoms with E-state index in [1.54, 1.807) is 0 Å². The lowest BCUT2D eigenvalue weighted by atomic mass is 9.82. The highest BCUT2D eigenvalue weighted by molar-refractivity contribution is 5.21. The molecule has 0 heterocycles. The smallest absolute Gasteiger partial charge is 0.0138 e. The van der Waals surface area contributed by atoms with Crippen molar-refractivity contribution in [2.45, 2.75) is 78.2 Å². The van der Waals surface area contributed by atoms with E-state index in [0.29, 0.717) is 12.0 Å². The molecule has 0 aliphatic carbocycles. The average Bonchev–Trinajstić information content (AvgIpc) is 2.53. The molecule has 120 valence electrons. The van der Waals surface area contributed by atoms with E-state index in [2.05, 4.69) is 63.3 Å². The number of rotatable bonds is 11. The molecule has 0 amide bonds. The molecule has 1 N–H and O–H groups in total. The number of hydrogen-bond acceptors (Lipinski definition) is 1. The van der Waals surface area contributed by atoms with E-state index in [9.17, 15) is 0 Å². The molecular formula is C20H35N. The summed E-state index contributed by atoms with van der Waals surface area (Å²) in [5, 5.41) is 3.77. The van der Waals surface area contributed by atoms with Crippen LogP contribution in [0.4, 0.5) is 0 Å². The van der Waals surface area contributed by atoms with Crippen LogP contribution in [0.2, 0.25) is 0 Å². The molecule has 0 aliphatic rings. The monoisotopic (exact) mass is 289 g/mol. The van der Waals surface area contributed by atoms with Crippen LogP contribution >= 0.6 is 0 Å². The Hall–Kier alpha value is -0.820. The summed E-state index contributed by atoms with van der Waals surface area (Å²) in [5.74, 6) is 1.51. The first-order valence-corrected chi connectivity index (χ1v) is 9.04. The van der Waals surface area contributed by atoms with Crippen LogP contribution < -0.4 is 5.32 Å². The van der Waals surface area contributed by atoms with E-state index in [-0.39, 0.29) is 0 Å². The Morgan fingerprint density at radius 1 is 0.952 bits per heavy atom. The molecule has 1 nitrogen and oxygen atoms in total. The minimum absolute atomic E-state index is 0.615. The molecular weight excluding hydrogens is 254 g/mol. The van der Waals surface area contributed by atoms with Crippen molar-refractivity contribution in [2.24, 2.45) is 5.92 Å². The summed E-state index contributed by atoms with van der Waals surface area (Å²) in [7, 11) is 0. The molecule has 0 saturated heterocycles. The van der Waals surface area contributed by atoms with Crippen molar-refractivity contribution in [1.29, 1.82) is 0 Å². The second-order valence-corrected chi connectivity index (χ2v) is 6.24. The highest BCUT2D eigenvalue weighted by Crippen LogP contribution is 2.29. The first-order valence-electron chi connectivity index (χ1n) is 9.04. The molecule has 3 unspecified atom stereocenters. The number of unbranched alkanes of at least 4 members (excludes halogenated alkanes) is 1. The quantitative estimate of drug-likeness (QED) is 0.545. The van der Waals surface area contributed by atoms with Crippen molar-refractivity contribution in [1.82, 2.24) is 5.32 Å². The molecule has 21 heavy (non-hydrogen) atoms. The van der Waals surface area contributed by atoms with Gasteiger partial charge in [-0.25, -0.2) is 0 Å². The van der Waals surface area contributed by atoms with Crippen molar-refractivity contribution in [3.05, 3.63) is 35.9 Å². The lowest BCUT2D eigenvalue weighted by molar-refractivity contribution is 0.315. The van der Waals surface area contributed by atoms with Gasteiger partial charge in [0.2, 0.25) is 0 Å². The van der Waals surface area contributed by atoms with E-state index in [4.69, 9.17) is 0 Å². The minimum Gasteiger partial charge on any atom is -0.314 e. The second kappa shape index (κ2) is 10.8. The predicted octanol–water partition coefficient (Wildman–Crippen LogP) is 5.76. The Bertz CT molecular complexity index is 346. The Labute approximate surface area is 132 Å². The first kappa shape index (κ1) is 18.2. The zero-order chi connectivity index (χ0) is 15.5. The Morgan fingerprint density at radius 2 is 1.67 bits per heavy atom. The zero-order valence-electron chi connectivity index (χ0n) is 14.6. The van der Waals surface area contributed by atoms with Crippen LogP contribution in [0, 0.1) is 5.92 Å². The number of hydrogen-bond donors (Lipinski definition) is 1. The molecule has 0 radical (unpaired) electrons. The van der Waals surface area contributed by atoms with Crippen LogP contribution in [0.1, 0.15) is 77.7 Å². The SMILES string of the molecule is CCCCC(CC)CC(NCC)C(CC)c1ccccc1. The molecule has 1 aromatic rings. The summed E-state index contributed by atoms with van der Waals surface area (Å²) < 4.78 is 0. The van der Waals surface area contributed by atoms with Crippen LogP contribution in [0.25, 0.3) is 0 Å². The molecule has 0 saturated carbocycles. The highest BCUT2D eigenvalue weighted by atomic mass is 14.9. The van der Waals surface area contributed by atoms with Gasteiger partial charge in [-0.15, -0.1) is 0 Å². The van der Waals surface area contributed by atoms with Crippen molar-refractivity contribution >= 4 is 0 Å². The summed E-state index contributed by atoms with van der Waals surface area (Å²) >= 11 is 0. The maximum atomic E-state index is 3.77. The lowest BCUT2D eigenvalue weighted by Gasteiger charge is -2.31. The van der Waals surface area contributed by atoms with Gasteiger partial charge in [-0.3, -0.25) is 0 Å². The molecule has 0 spiro atoms. The molecule has 0 fully saturated rings. The van der Waals surface area contributed by atoms with E-state index in [0.717, 1.165) is 12.5 Å². The molecule has 1 heteroatoms. The van der Waals surface area contributed by atoms with Crippen LogP contribution in [0.15, 0.2) is 30.3 Å². The van der Waals surface area contributed by atoms with Crippen molar-refractivity contribution < 1.29 is 0 Å². The average molecular weight is 290 g/mol. The normalized spacial score (nSPS) is 15.6. The van der Waals surface area contributed by atoms with Gasteiger partial charge >= 0.3 is 0 Å². The molecule has 1 aromatic carbocycles.